The number of piperazine rings is 1. The van der Waals surface area contributed by atoms with Crippen molar-refractivity contribution in [3.63, 3.8) is 0 Å². The van der Waals surface area contributed by atoms with Gasteiger partial charge in [0.1, 0.15) is 0 Å². The van der Waals surface area contributed by atoms with E-state index in [1.54, 1.807) is 0 Å². The average molecular weight is 454 g/mol. The van der Waals surface area contributed by atoms with Gasteiger partial charge in [-0.3, -0.25) is 9.69 Å². The van der Waals surface area contributed by atoms with Gasteiger partial charge in [-0.15, -0.1) is 37.2 Å². The summed E-state index contributed by atoms with van der Waals surface area (Å²) in [5.41, 5.74) is 8.10. The summed E-state index contributed by atoms with van der Waals surface area (Å²) in [5.74, 6) is 0.00807. The Morgan fingerprint density at radius 1 is 0.964 bits per heavy atom. The van der Waals surface area contributed by atoms with Crippen LogP contribution in [0.15, 0.2) is 24.3 Å². The van der Waals surface area contributed by atoms with Crippen molar-refractivity contribution in [2.24, 2.45) is 5.73 Å². The quantitative estimate of drug-likeness (QED) is 0.719. The van der Waals surface area contributed by atoms with Crippen LogP contribution >= 0.6 is 37.2 Å². The van der Waals surface area contributed by atoms with Crippen LogP contribution in [0.2, 0.25) is 0 Å². The lowest BCUT2D eigenvalue weighted by atomic mass is 9.82. The van der Waals surface area contributed by atoms with Gasteiger partial charge in [-0.1, -0.05) is 43.5 Å². The number of carbonyl (C=O) groups excluding carboxylic acids is 1. The van der Waals surface area contributed by atoms with E-state index >= 15 is 0 Å². The van der Waals surface area contributed by atoms with Gasteiger partial charge in [0, 0.05) is 39.3 Å². The number of amides is 1. The Balaban J connectivity index is 0.00000243. The zero-order valence-electron chi connectivity index (χ0n) is 16.7. The maximum atomic E-state index is 12.4. The Labute approximate surface area is 188 Å². The van der Waals surface area contributed by atoms with Crippen molar-refractivity contribution in [1.29, 1.82) is 0 Å². The summed E-state index contributed by atoms with van der Waals surface area (Å²) in [4.78, 5) is 17.3. The van der Waals surface area contributed by atoms with E-state index in [0.717, 1.165) is 64.0 Å². The van der Waals surface area contributed by atoms with Crippen LogP contribution in [0.1, 0.15) is 43.2 Å². The molecule has 0 radical (unpaired) electrons. The molecule has 162 valence electrons. The molecule has 1 saturated heterocycles. The third-order valence-electron chi connectivity index (χ3n) is 5.68. The topological polar surface area (TPSA) is 61.6 Å². The number of hydrogen-bond donors (Lipinski definition) is 2. The number of benzene rings is 1. The van der Waals surface area contributed by atoms with Gasteiger partial charge in [0.15, 0.2) is 0 Å². The first-order valence-electron chi connectivity index (χ1n) is 9.61. The molecule has 5 nitrogen and oxygen atoms in total. The van der Waals surface area contributed by atoms with E-state index in [0.29, 0.717) is 6.54 Å². The third kappa shape index (κ3) is 7.69. The number of likely N-dealkylation sites (N-methyl/N-ethyl adjacent to an activating group) is 1. The highest BCUT2D eigenvalue weighted by molar-refractivity contribution is 5.86. The lowest BCUT2D eigenvalue weighted by molar-refractivity contribution is -0.127. The zero-order chi connectivity index (χ0) is 17.7. The largest absolute Gasteiger partial charge is 0.350 e. The monoisotopic (exact) mass is 452 g/mol. The maximum Gasteiger partial charge on any atom is 0.240 e. The van der Waals surface area contributed by atoms with Crippen molar-refractivity contribution in [2.45, 2.75) is 50.7 Å². The van der Waals surface area contributed by atoms with Crippen LogP contribution in [-0.2, 0) is 17.9 Å². The predicted molar refractivity (Wildman–Crippen MR) is 123 cm³/mol. The van der Waals surface area contributed by atoms with Crippen molar-refractivity contribution < 1.29 is 4.79 Å². The summed E-state index contributed by atoms with van der Waals surface area (Å²) >= 11 is 0. The van der Waals surface area contributed by atoms with Gasteiger partial charge in [-0.05, 0) is 31.0 Å². The van der Waals surface area contributed by atoms with Crippen molar-refractivity contribution in [3.05, 3.63) is 35.4 Å². The molecule has 2 aliphatic rings. The second-order valence-electron chi connectivity index (χ2n) is 7.80. The van der Waals surface area contributed by atoms with Gasteiger partial charge in [0.25, 0.3) is 0 Å². The number of nitrogens with two attached hydrogens (primary N) is 1. The number of nitrogens with one attached hydrogen (secondary N) is 1. The van der Waals surface area contributed by atoms with E-state index in [1.165, 1.54) is 12.0 Å². The van der Waals surface area contributed by atoms with Crippen LogP contribution in [-0.4, -0.2) is 54.5 Å². The first-order valence-corrected chi connectivity index (χ1v) is 9.61. The molecular weight excluding hydrogens is 419 g/mol. The van der Waals surface area contributed by atoms with E-state index in [1.807, 2.05) is 0 Å². The minimum atomic E-state index is -0.653. The Bertz CT molecular complexity index is 571. The molecule has 1 aromatic carbocycles. The molecular formula is C20H35Cl3N4O. The van der Waals surface area contributed by atoms with Crippen LogP contribution in [0.5, 0.6) is 0 Å². The van der Waals surface area contributed by atoms with Gasteiger partial charge in [0.05, 0.1) is 5.54 Å². The average Bonchev–Trinajstić information content (AvgIpc) is 2.63. The van der Waals surface area contributed by atoms with Crippen molar-refractivity contribution in [3.8, 4) is 0 Å². The van der Waals surface area contributed by atoms with E-state index in [9.17, 15) is 4.79 Å². The van der Waals surface area contributed by atoms with E-state index in [-0.39, 0.29) is 43.1 Å². The summed E-state index contributed by atoms with van der Waals surface area (Å²) in [7, 11) is 2.18. The summed E-state index contributed by atoms with van der Waals surface area (Å²) in [6, 6.07) is 8.60. The molecule has 1 heterocycles. The molecule has 1 aliphatic heterocycles. The van der Waals surface area contributed by atoms with E-state index < -0.39 is 5.54 Å². The second-order valence-corrected chi connectivity index (χ2v) is 7.80. The first kappa shape index (κ1) is 27.4. The van der Waals surface area contributed by atoms with Gasteiger partial charge >= 0.3 is 0 Å². The highest BCUT2D eigenvalue weighted by Gasteiger charge is 2.34. The molecule has 3 N–H and O–H groups in total. The van der Waals surface area contributed by atoms with Gasteiger partial charge in [-0.2, -0.15) is 0 Å². The van der Waals surface area contributed by atoms with Crippen LogP contribution in [0.4, 0.5) is 0 Å². The van der Waals surface area contributed by atoms with E-state index in [4.69, 9.17) is 5.73 Å². The molecule has 0 atom stereocenters. The summed E-state index contributed by atoms with van der Waals surface area (Å²) in [6.07, 6.45) is 4.93. The van der Waals surface area contributed by atoms with Crippen LogP contribution in [0.25, 0.3) is 0 Å². The lowest BCUT2D eigenvalue weighted by Crippen LogP contribution is -2.54. The SMILES string of the molecule is CN1CCN(Cc2ccc(CNC(=O)C3(N)CCCCC3)cc2)CC1.Cl.Cl.Cl. The molecule has 8 heteroatoms. The van der Waals surface area contributed by atoms with Crippen molar-refractivity contribution in [1.82, 2.24) is 15.1 Å². The molecule has 3 rings (SSSR count). The lowest BCUT2D eigenvalue weighted by Gasteiger charge is -2.32. The number of rotatable bonds is 5. The molecule has 0 spiro atoms. The standard InChI is InChI=1S/C20H32N4O.3ClH/c1-23-11-13-24(14-12-23)16-18-7-5-17(6-8-18)15-22-19(25)20(21)9-3-2-4-10-20;;;/h5-8H,2-4,9-16,21H2,1H3,(H,22,25);3*1H. The van der Waals surface area contributed by atoms with Gasteiger partial charge in [0.2, 0.25) is 5.91 Å². The Morgan fingerprint density at radius 3 is 2.07 bits per heavy atom. The summed E-state index contributed by atoms with van der Waals surface area (Å²) < 4.78 is 0. The minimum absolute atomic E-state index is 0. The highest BCUT2D eigenvalue weighted by atomic mass is 35.5. The molecule has 2 fully saturated rings. The molecule has 0 bridgehead atoms. The summed E-state index contributed by atoms with van der Waals surface area (Å²) in [6.45, 7) is 6.12. The minimum Gasteiger partial charge on any atom is -0.350 e. The second kappa shape index (κ2) is 12.9. The molecule has 1 amide bonds. The Kier molecular flexibility index (Phi) is 12.6. The first-order chi connectivity index (χ1) is 12.0. The summed E-state index contributed by atoms with van der Waals surface area (Å²) in [5, 5.41) is 3.04. The molecule has 1 aromatic rings. The maximum absolute atomic E-state index is 12.4. The number of nitrogens with zero attached hydrogens (tertiary/aromatic N) is 2. The number of halogens is 3. The number of carbonyl (C=O) groups is 1. The van der Waals surface area contributed by atoms with Crippen molar-refractivity contribution in [2.75, 3.05) is 33.2 Å². The molecule has 28 heavy (non-hydrogen) atoms. The van der Waals surface area contributed by atoms with Crippen molar-refractivity contribution >= 4 is 43.1 Å². The Morgan fingerprint density at radius 2 is 1.50 bits per heavy atom. The molecule has 0 unspecified atom stereocenters. The third-order valence-corrected chi connectivity index (χ3v) is 5.68. The Hall–Kier alpha value is -0.560. The van der Waals surface area contributed by atoms with Gasteiger partial charge < -0.3 is 16.0 Å². The fraction of sp³-hybridized carbons (Fsp3) is 0.650. The van der Waals surface area contributed by atoms with E-state index in [2.05, 4.69) is 46.4 Å². The smallest absolute Gasteiger partial charge is 0.240 e. The highest BCUT2D eigenvalue weighted by Crippen LogP contribution is 2.26. The molecule has 1 saturated carbocycles. The van der Waals surface area contributed by atoms with Crippen LogP contribution in [0.3, 0.4) is 0 Å². The fourth-order valence-electron chi connectivity index (χ4n) is 3.79. The normalized spacial score (nSPS) is 19.5. The molecule has 0 aromatic heterocycles. The van der Waals surface area contributed by atoms with Crippen LogP contribution < -0.4 is 11.1 Å². The van der Waals surface area contributed by atoms with Crippen LogP contribution in [0, 0.1) is 0 Å². The fourth-order valence-corrected chi connectivity index (χ4v) is 3.79. The van der Waals surface area contributed by atoms with Gasteiger partial charge in [-0.25, -0.2) is 0 Å². The zero-order valence-corrected chi connectivity index (χ0v) is 19.1. The predicted octanol–water partition coefficient (Wildman–Crippen LogP) is 2.98. The number of hydrogen-bond acceptors (Lipinski definition) is 4. The molecule has 1 aliphatic carbocycles.